The average Bonchev–Trinajstić information content (AvgIpc) is 2.29. The lowest BCUT2D eigenvalue weighted by Gasteiger charge is -2.22. The van der Waals surface area contributed by atoms with Gasteiger partial charge in [0.05, 0.1) is 13.2 Å². The van der Waals surface area contributed by atoms with Crippen molar-refractivity contribution in [1.29, 1.82) is 0 Å². The van der Waals surface area contributed by atoms with Crippen molar-refractivity contribution >= 4 is 0 Å². The molecule has 0 unspecified atom stereocenters. The minimum absolute atomic E-state index is 0.186. The van der Waals surface area contributed by atoms with Gasteiger partial charge in [0.25, 0.3) is 0 Å². The van der Waals surface area contributed by atoms with Gasteiger partial charge in [-0.2, -0.15) is 0 Å². The largest absolute Gasteiger partial charge is 0.395 e. The van der Waals surface area contributed by atoms with E-state index in [4.69, 9.17) is 5.11 Å². The second kappa shape index (κ2) is 7.05. The molecule has 1 aromatic carbocycles. The van der Waals surface area contributed by atoms with Crippen molar-refractivity contribution in [1.82, 2.24) is 4.90 Å². The number of nitrogens with zero attached hydrogens (tertiary/aromatic N) is 1. The lowest BCUT2D eigenvalue weighted by molar-refractivity contribution is 0.182. The van der Waals surface area contributed by atoms with E-state index in [1.807, 2.05) is 30.3 Å². The minimum atomic E-state index is 0.186. The van der Waals surface area contributed by atoms with Gasteiger partial charge in [-0.05, 0) is 26.0 Å². The Morgan fingerprint density at radius 3 is 2.50 bits per heavy atom. The Morgan fingerprint density at radius 2 is 1.94 bits per heavy atom. The van der Waals surface area contributed by atoms with Crippen LogP contribution in [0.2, 0.25) is 0 Å². The van der Waals surface area contributed by atoms with Crippen LogP contribution in [-0.2, 0) is 0 Å². The van der Waals surface area contributed by atoms with Gasteiger partial charge in [0.15, 0.2) is 0 Å². The topological polar surface area (TPSA) is 23.5 Å². The summed E-state index contributed by atoms with van der Waals surface area (Å²) in [6, 6.07) is 10.4. The summed E-state index contributed by atoms with van der Waals surface area (Å²) >= 11 is 0. The summed E-state index contributed by atoms with van der Waals surface area (Å²) < 4.78 is 0. The number of aliphatic hydroxyl groups is 1. The van der Waals surface area contributed by atoms with E-state index in [9.17, 15) is 0 Å². The Balaban J connectivity index is 2.52. The smallest absolute Gasteiger partial charge is 0.0608 e. The zero-order valence-electron chi connectivity index (χ0n) is 9.98. The summed E-state index contributed by atoms with van der Waals surface area (Å²) in [4.78, 5) is 2.15. The van der Waals surface area contributed by atoms with Crippen LogP contribution in [0.5, 0.6) is 0 Å². The number of rotatable bonds is 4. The minimum Gasteiger partial charge on any atom is -0.395 e. The Hall–Kier alpha value is -1.30. The Bertz CT molecular complexity index is 348. The zero-order valence-corrected chi connectivity index (χ0v) is 9.98. The monoisotopic (exact) mass is 217 g/mol. The standard InChI is InChI=1S/C14H19NO/c1-13(2)15(11-12-16)10-6-9-14-7-4-3-5-8-14/h3-5,7-8,13,16H,10-12H2,1-2H3. The van der Waals surface area contributed by atoms with Gasteiger partial charge in [0.1, 0.15) is 0 Å². The molecule has 0 aliphatic carbocycles. The van der Waals surface area contributed by atoms with Crippen LogP contribution in [0.25, 0.3) is 0 Å². The molecule has 0 amide bonds. The van der Waals surface area contributed by atoms with Crippen molar-refractivity contribution in [2.75, 3.05) is 19.7 Å². The maximum atomic E-state index is 8.91. The molecular formula is C14H19NO. The molecule has 1 aromatic rings. The SMILES string of the molecule is CC(C)N(CC#Cc1ccccc1)CCO. The molecule has 0 fully saturated rings. The third kappa shape index (κ3) is 4.48. The maximum Gasteiger partial charge on any atom is 0.0608 e. The van der Waals surface area contributed by atoms with E-state index in [2.05, 4.69) is 30.6 Å². The number of benzene rings is 1. The first-order chi connectivity index (χ1) is 7.74. The molecule has 0 atom stereocenters. The van der Waals surface area contributed by atoms with Crippen LogP contribution < -0.4 is 0 Å². The Morgan fingerprint density at radius 1 is 1.25 bits per heavy atom. The van der Waals surface area contributed by atoms with Crippen molar-refractivity contribution < 1.29 is 5.11 Å². The van der Waals surface area contributed by atoms with Crippen LogP contribution in [0.3, 0.4) is 0 Å². The molecule has 0 heterocycles. The number of aliphatic hydroxyl groups excluding tert-OH is 1. The van der Waals surface area contributed by atoms with Gasteiger partial charge in [-0.15, -0.1) is 0 Å². The lowest BCUT2D eigenvalue weighted by atomic mass is 10.2. The van der Waals surface area contributed by atoms with Gasteiger partial charge >= 0.3 is 0 Å². The second-order valence-electron chi connectivity index (χ2n) is 3.96. The van der Waals surface area contributed by atoms with Gasteiger partial charge in [-0.3, -0.25) is 4.90 Å². The van der Waals surface area contributed by atoms with Crippen LogP contribution in [0, 0.1) is 11.8 Å². The van der Waals surface area contributed by atoms with Crippen molar-refractivity contribution in [3.8, 4) is 11.8 Å². The molecular weight excluding hydrogens is 198 g/mol. The first-order valence-electron chi connectivity index (χ1n) is 5.63. The molecule has 2 heteroatoms. The molecule has 0 spiro atoms. The van der Waals surface area contributed by atoms with E-state index >= 15 is 0 Å². The highest BCUT2D eigenvalue weighted by Crippen LogP contribution is 1.97. The molecule has 16 heavy (non-hydrogen) atoms. The third-order valence-electron chi connectivity index (χ3n) is 2.41. The summed E-state index contributed by atoms with van der Waals surface area (Å²) in [6.45, 7) is 5.79. The Labute approximate surface area is 97.9 Å². The fourth-order valence-corrected chi connectivity index (χ4v) is 1.41. The summed E-state index contributed by atoms with van der Waals surface area (Å²) in [5.41, 5.74) is 1.04. The van der Waals surface area contributed by atoms with Gasteiger partial charge in [0.2, 0.25) is 0 Å². The quantitative estimate of drug-likeness (QED) is 0.777. The first kappa shape index (κ1) is 12.8. The molecule has 0 saturated heterocycles. The highest BCUT2D eigenvalue weighted by molar-refractivity contribution is 5.33. The predicted molar refractivity (Wildman–Crippen MR) is 67.1 cm³/mol. The average molecular weight is 217 g/mol. The van der Waals surface area contributed by atoms with Crippen LogP contribution in [0.4, 0.5) is 0 Å². The predicted octanol–water partition coefficient (Wildman–Crippen LogP) is 1.74. The van der Waals surface area contributed by atoms with Crippen molar-refractivity contribution in [2.45, 2.75) is 19.9 Å². The summed E-state index contributed by atoms with van der Waals surface area (Å²) in [6.07, 6.45) is 0. The van der Waals surface area contributed by atoms with Gasteiger partial charge in [-0.1, -0.05) is 30.0 Å². The van der Waals surface area contributed by atoms with Crippen molar-refractivity contribution in [2.24, 2.45) is 0 Å². The van der Waals surface area contributed by atoms with Gasteiger partial charge in [0, 0.05) is 18.2 Å². The first-order valence-corrected chi connectivity index (χ1v) is 5.63. The van der Waals surface area contributed by atoms with E-state index in [1.54, 1.807) is 0 Å². The van der Waals surface area contributed by atoms with Crippen LogP contribution in [0.1, 0.15) is 19.4 Å². The zero-order chi connectivity index (χ0) is 11.8. The summed E-state index contributed by atoms with van der Waals surface area (Å²) in [7, 11) is 0. The third-order valence-corrected chi connectivity index (χ3v) is 2.41. The maximum absolute atomic E-state index is 8.91. The molecule has 1 rings (SSSR count). The molecule has 86 valence electrons. The molecule has 0 aromatic heterocycles. The number of hydrogen-bond donors (Lipinski definition) is 1. The molecule has 0 radical (unpaired) electrons. The molecule has 0 aliphatic rings. The molecule has 1 N–H and O–H groups in total. The fraction of sp³-hybridized carbons (Fsp3) is 0.429. The molecule has 0 aliphatic heterocycles. The molecule has 0 bridgehead atoms. The van der Waals surface area contributed by atoms with Gasteiger partial charge < -0.3 is 5.11 Å². The van der Waals surface area contributed by atoms with E-state index in [0.29, 0.717) is 19.1 Å². The van der Waals surface area contributed by atoms with Crippen molar-refractivity contribution in [3.63, 3.8) is 0 Å². The highest BCUT2D eigenvalue weighted by Gasteiger charge is 2.05. The fourth-order valence-electron chi connectivity index (χ4n) is 1.41. The van der Waals surface area contributed by atoms with Crippen LogP contribution >= 0.6 is 0 Å². The van der Waals surface area contributed by atoms with Crippen LogP contribution in [0.15, 0.2) is 30.3 Å². The van der Waals surface area contributed by atoms with Crippen molar-refractivity contribution in [3.05, 3.63) is 35.9 Å². The van der Waals surface area contributed by atoms with E-state index < -0.39 is 0 Å². The van der Waals surface area contributed by atoms with Crippen LogP contribution in [-0.4, -0.2) is 35.7 Å². The Kier molecular flexibility index (Phi) is 5.63. The second-order valence-corrected chi connectivity index (χ2v) is 3.96. The lowest BCUT2D eigenvalue weighted by Crippen LogP contribution is -2.33. The molecule has 0 saturated carbocycles. The van der Waals surface area contributed by atoms with E-state index in [0.717, 1.165) is 5.56 Å². The molecule has 2 nitrogen and oxygen atoms in total. The van der Waals surface area contributed by atoms with Gasteiger partial charge in [-0.25, -0.2) is 0 Å². The number of hydrogen-bond acceptors (Lipinski definition) is 2. The normalized spacial score (nSPS) is 10.3. The summed E-state index contributed by atoms with van der Waals surface area (Å²) in [5, 5.41) is 8.91. The van der Waals surface area contributed by atoms with E-state index in [-0.39, 0.29) is 6.61 Å². The summed E-state index contributed by atoms with van der Waals surface area (Å²) in [5.74, 6) is 6.25. The highest BCUT2D eigenvalue weighted by atomic mass is 16.3. The van der Waals surface area contributed by atoms with E-state index in [1.165, 1.54) is 0 Å².